The van der Waals surface area contributed by atoms with E-state index in [1.807, 2.05) is 0 Å². The monoisotopic (exact) mass is 452 g/mol. The van der Waals surface area contributed by atoms with Crippen LogP contribution in [0.1, 0.15) is 21.9 Å². The number of carbonyl (C=O) groups excluding carboxylic acids is 1. The summed E-state index contributed by atoms with van der Waals surface area (Å²) >= 11 is 5.86. The van der Waals surface area contributed by atoms with Crippen LogP contribution in [0.3, 0.4) is 0 Å². The second kappa shape index (κ2) is 9.43. The number of rotatable bonds is 8. The van der Waals surface area contributed by atoms with Gasteiger partial charge in [0.05, 0.1) is 9.95 Å². The number of anilines is 1. The lowest BCUT2D eigenvalue weighted by Gasteiger charge is -2.09. The molecule has 8 nitrogen and oxygen atoms in total. The van der Waals surface area contributed by atoms with Gasteiger partial charge in [-0.2, -0.15) is 8.78 Å². The molecule has 1 amide bonds. The zero-order valence-electron chi connectivity index (χ0n) is 15.9. The third-order valence-electron chi connectivity index (χ3n) is 4.04. The first kappa shape index (κ1) is 22.0. The van der Waals surface area contributed by atoms with E-state index in [1.54, 1.807) is 13.0 Å². The fourth-order valence-electron chi connectivity index (χ4n) is 2.62. The van der Waals surface area contributed by atoms with Crippen LogP contribution in [0.5, 0.6) is 11.5 Å². The number of ether oxygens (including phenoxy) is 2. The molecule has 1 aromatic heterocycles. The van der Waals surface area contributed by atoms with Gasteiger partial charge in [0, 0.05) is 17.3 Å². The van der Waals surface area contributed by atoms with Gasteiger partial charge >= 0.3 is 6.61 Å². The van der Waals surface area contributed by atoms with Crippen LogP contribution in [0.4, 0.5) is 20.2 Å². The molecule has 3 rings (SSSR count). The molecule has 0 aliphatic rings. The predicted octanol–water partition coefficient (Wildman–Crippen LogP) is 5.58. The number of benzene rings is 2. The maximum Gasteiger partial charge on any atom is 0.387 e. The predicted molar refractivity (Wildman–Crippen MR) is 107 cm³/mol. The first-order chi connectivity index (χ1) is 14.7. The molecule has 0 aliphatic carbocycles. The minimum absolute atomic E-state index is 0.00395. The van der Waals surface area contributed by atoms with Crippen LogP contribution in [0, 0.1) is 17.0 Å². The van der Waals surface area contributed by atoms with Gasteiger partial charge in [0.15, 0.2) is 5.76 Å². The van der Waals surface area contributed by atoms with Crippen molar-refractivity contribution >= 4 is 28.9 Å². The largest absolute Gasteiger partial charge is 0.486 e. The number of nitrogens with one attached hydrogen (secondary N) is 1. The number of alkyl halides is 2. The summed E-state index contributed by atoms with van der Waals surface area (Å²) in [7, 11) is 0. The molecule has 2 aromatic carbocycles. The van der Waals surface area contributed by atoms with Crippen molar-refractivity contribution < 1.29 is 32.4 Å². The average molecular weight is 453 g/mol. The summed E-state index contributed by atoms with van der Waals surface area (Å²) in [6.45, 7) is -1.42. The van der Waals surface area contributed by atoms with Crippen LogP contribution in [-0.2, 0) is 6.61 Å². The summed E-state index contributed by atoms with van der Waals surface area (Å²) in [6, 6.07) is 11.1. The molecule has 0 unspecified atom stereocenters. The number of furan rings is 1. The van der Waals surface area contributed by atoms with Crippen molar-refractivity contribution in [3.05, 3.63) is 80.8 Å². The Bertz CT molecular complexity index is 1120. The summed E-state index contributed by atoms with van der Waals surface area (Å²) in [5.41, 5.74) is 0.691. The Morgan fingerprint density at radius 2 is 2.00 bits per heavy atom. The molecule has 0 fully saturated rings. The molecular weight excluding hydrogens is 438 g/mol. The fraction of sp³-hybridized carbons (Fsp3) is 0.150. The van der Waals surface area contributed by atoms with Gasteiger partial charge in [-0.3, -0.25) is 14.9 Å². The standard InChI is InChI=1S/C20H15ClF2N2O6/c1-11-8-13(3-5-16(11)25(27)28)29-10-14-4-7-18(30-14)19(26)24-12-2-6-17(15(21)9-12)31-20(22)23/h2-9,20H,10H2,1H3,(H,24,26). The molecule has 31 heavy (non-hydrogen) atoms. The van der Waals surface area contributed by atoms with Crippen LogP contribution in [0.15, 0.2) is 52.9 Å². The lowest BCUT2D eigenvalue weighted by molar-refractivity contribution is -0.385. The summed E-state index contributed by atoms with van der Waals surface area (Å²) in [5, 5.41) is 13.3. The highest BCUT2D eigenvalue weighted by Crippen LogP contribution is 2.29. The molecular formula is C20H15ClF2N2O6. The smallest absolute Gasteiger partial charge is 0.387 e. The molecule has 1 heterocycles. The van der Waals surface area contributed by atoms with Crippen LogP contribution < -0.4 is 14.8 Å². The van der Waals surface area contributed by atoms with Crippen LogP contribution >= 0.6 is 11.6 Å². The van der Waals surface area contributed by atoms with Gasteiger partial charge in [0.1, 0.15) is 23.9 Å². The first-order valence-corrected chi connectivity index (χ1v) is 9.13. The molecule has 162 valence electrons. The van der Waals surface area contributed by atoms with Crippen molar-refractivity contribution in [1.29, 1.82) is 0 Å². The number of carbonyl (C=O) groups is 1. The van der Waals surface area contributed by atoms with E-state index in [9.17, 15) is 23.7 Å². The van der Waals surface area contributed by atoms with E-state index in [1.165, 1.54) is 42.5 Å². The Morgan fingerprint density at radius 3 is 2.65 bits per heavy atom. The van der Waals surface area contributed by atoms with Crippen LogP contribution in [0.25, 0.3) is 0 Å². The zero-order chi connectivity index (χ0) is 22.5. The van der Waals surface area contributed by atoms with Gasteiger partial charge in [-0.15, -0.1) is 0 Å². The van der Waals surface area contributed by atoms with E-state index in [0.717, 1.165) is 0 Å². The van der Waals surface area contributed by atoms with Crippen molar-refractivity contribution in [2.24, 2.45) is 0 Å². The van der Waals surface area contributed by atoms with Crippen molar-refractivity contribution in [3.63, 3.8) is 0 Å². The second-order valence-electron chi connectivity index (χ2n) is 6.24. The van der Waals surface area contributed by atoms with E-state index >= 15 is 0 Å². The molecule has 0 saturated carbocycles. The maximum atomic E-state index is 12.3. The van der Waals surface area contributed by atoms with Gasteiger partial charge < -0.3 is 19.2 Å². The number of nitrogens with zero attached hydrogens (tertiary/aromatic N) is 1. The van der Waals surface area contributed by atoms with E-state index in [2.05, 4.69) is 10.1 Å². The molecule has 1 N–H and O–H groups in total. The average Bonchev–Trinajstić information content (AvgIpc) is 3.17. The topological polar surface area (TPSA) is 104 Å². The van der Waals surface area contributed by atoms with E-state index in [0.29, 0.717) is 17.1 Å². The number of amides is 1. The van der Waals surface area contributed by atoms with Gasteiger partial charge in [0.2, 0.25) is 0 Å². The van der Waals surface area contributed by atoms with E-state index in [4.69, 9.17) is 20.8 Å². The molecule has 0 saturated heterocycles. The Kier molecular flexibility index (Phi) is 6.71. The number of hydrogen-bond donors (Lipinski definition) is 1. The zero-order valence-corrected chi connectivity index (χ0v) is 16.7. The highest BCUT2D eigenvalue weighted by molar-refractivity contribution is 6.32. The van der Waals surface area contributed by atoms with E-state index < -0.39 is 17.4 Å². The molecule has 0 radical (unpaired) electrons. The lowest BCUT2D eigenvalue weighted by atomic mass is 10.2. The summed E-state index contributed by atoms with van der Waals surface area (Å²) in [5.74, 6) is -0.0572. The Labute approximate surface area is 179 Å². The molecule has 0 spiro atoms. The van der Waals surface area contributed by atoms with Gasteiger partial charge in [-0.05, 0) is 49.4 Å². The van der Waals surface area contributed by atoms with Gasteiger partial charge in [0.25, 0.3) is 11.6 Å². The molecule has 3 aromatic rings. The molecule has 0 atom stereocenters. The third-order valence-corrected chi connectivity index (χ3v) is 4.33. The third kappa shape index (κ3) is 5.70. The number of nitro groups is 1. The Morgan fingerprint density at radius 1 is 1.23 bits per heavy atom. The van der Waals surface area contributed by atoms with Crippen molar-refractivity contribution in [2.75, 3.05) is 5.32 Å². The van der Waals surface area contributed by atoms with Crippen LogP contribution in [-0.4, -0.2) is 17.4 Å². The number of aryl methyl sites for hydroxylation is 1. The molecule has 11 heteroatoms. The lowest BCUT2D eigenvalue weighted by Crippen LogP contribution is -2.11. The van der Waals surface area contributed by atoms with E-state index in [-0.39, 0.29) is 34.5 Å². The van der Waals surface area contributed by atoms with Crippen LogP contribution in [0.2, 0.25) is 5.02 Å². The fourth-order valence-corrected chi connectivity index (χ4v) is 2.84. The summed E-state index contributed by atoms with van der Waals surface area (Å²) in [4.78, 5) is 22.7. The highest BCUT2D eigenvalue weighted by Gasteiger charge is 2.15. The second-order valence-corrected chi connectivity index (χ2v) is 6.65. The quantitative estimate of drug-likeness (QED) is 0.353. The first-order valence-electron chi connectivity index (χ1n) is 8.75. The minimum Gasteiger partial charge on any atom is -0.486 e. The Hall–Kier alpha value is -3.66. The molecule has 0 bridgehead atoms. The highest BCUT2D eigenvalue weighted by atomic mass is 35.5. The number of nitro benzene ring substituents is 1. The number of hydrogen-bond acceptors (Lipinski definition) is 6. The van der Waals surface area contributed by atoms with Crippen molar-refractivity contribution in [3.8, 4) is 11.5 Å². The SMILES string of the molecule is Cc1cc(OCc2ccc(C(=O)Nc3ccc(OC(F)F)c(Cl)c3)o2)ccc1[N+](=O)[O-]. The molecule has 0 aliphatic heterocycles. The summed E-state index contributed by atoms with van der Waals surface area (Å²) < 4.78 is 39.8. The van der Waals surface area contributed by atoms with Crippen molar-refractivity contribution in [2.45, 2.75) is 20.1 Å². The summed E-state index contributed by atoms with van der Waals surface area (Å²) in [6.07, 6.45) is 0. The van der Waals surface area contributed by atoms with Crippen molar-refractivity contribution in [1.82, 2.24) is 0 Å². The van der Waals surface area contributed by atoms with Gasteiger partial charge in [-0.1, -0.05) is 11.6 Å². The maximum absolute atomic E-state index is 12.3. The Balaban J connectivity index is 1.60. The van der Waals surface area contributed by atoms with Gasteiger partial charge in [-0.25, -0.2) is 0 Å². The number of halogens is 3. The normalized spacial score (nSPS) is 10.7. The minimum atomic E-state index is -3.02.